The summed E-state index contributed by atoms with van der Waals surface area (Å²) in [4.78, 5) is 17.8. The summed E-state index contributed by atoms with van der Waals surface area (Å²) in [5.41, 5.74) is 14.3. The molecule has 0 fully saturated rings. The minimum absolute atomic E-state index is 0. The van der Waals surface area contributed by atoms with Crippen molar-refractivity contribution in [3.8, 4) is 16.9 Å². The molecule has 0 unspecified atom stereocenters. The highest BCUT2D eigenvalue weighted by atomic mass is 35.5. The number of nitrogens with zero attached hydrogens (tertiary/aromatic N) is 1. The van der Waals surface area contributed by atoms with Crippen molar-refractivity contribution in [2.24, 2.45) is 11.7 Å². The highest BCUT2D eigenvalue weighted by molar-refractivity contribution is 7.14. The zero-order chi connectivity index (χ0) is 23.6. The molecule has 0 aliphatic heterocycles. The second-order valence-electron chi connectivity index (χ2n) is 8.68. The van der Waals surface area contributed by atoms with E-state index in [9.17, 15) is 9.90 Å². The van der Waals surface area contributed by atoms with Gasteiger partial charge in [0.1, 0.15) is 12.4 Å². The highest BCUT2D eigenvalue weighted by Gasteiger charge is 2.23. The van der Waals surface area contributed by atoms with Crippen LogP contribution in [0.5, 0.6) is 5.75 Å². The Bertz CT molecular complexity index is 1140. The first-order valence-corrected chi connectivity index (χ1v) is 11.7. The topological polar surface area (TPSA) is 85.4 Å². The van der Waals surface area contributed by atoms with Crippen molar-refractivity contribution in [2.75, 3.05) is 0 Å². The van der Waals surface area contributed by atoms with Crippen LogP contribution >= 0.6 is 23.7 Å². The third-order valence-electron chi connectivity index (χ3n) is 5.72. The molecule has 0 saturated carbocycles. The highest BCUT2D eigenvalue weighted by Crippen LogP contribution is 2.37. The molecular formula is C26H33ClN2O3S. The summed E-state index contributed by atoms with van der Waals surface area (Å²) in [5.74, 6) is -0.0748. The molecule has 178 valence electrons. The van der Waals surface area contributed by atoms with Crippen molar-refractivity contribution < 1.29 is 14.6 Å². The smallest absolute Gasteiger partial charge is 0.349 e. The van der Waals surface area contributed by atoms with E-state index in [1.807, 2.05) is 20.8 Å². The predicted octanol–water partition coefficient (Wildman–Crippen LogP) is 6.40. The third-order valence-corrected chi connectivity index (χ3v) is 6.90. The van der Waals surface area contributed by atoms with Gasteiger partial charge in [0, 0.05) is 33.9 Å². The summed E-state index contributed by atoms with van der Waals surface area (Å²) in [5, 5.41) is 9.62. The molecule has 0 atom stereocenters. The second kappa shape index (κ2) is 11.1. The van der Waals surface area contributed by atoms with Gasteiger partial charge in [0.2, 0.25) is 0 Å². The maximum Gasteiger partial charge on any atom is 0.349 e. The van der Waals surface area contributed by atoms with Crippen LogP contribution in [0.25, 0.3) is 11.1 Å². The Morgan fingerprint density at radius 3 is 2.30 bits per heavy atom. The molecule has 0 bridgehead atoms. The van der Waals surface area contributed by atoms with E-state index in [4.69, 9.17) is 15.5 Å². The fourth-order valence-electron chi connectivity index (χ4n) is 3.93. The monoisotopic (exact) mass is 488 g/mol. The van der Waals surface area contributed by atoms with Gasteiger partial charge in [-0.1, -0.05) is 43.7 Å². The molecule has 1 aromatic carbocycles. The first-order valence-electron chi connectivity index (χ1n) is 10.9. The van der Waals surface area contributed by atoms with Gasteiger partial charge in [0.05, 0.1) is 0 Å². The number of carboxylic acid groups (broad SMARTS) is 1. The van der Waals surface area contributed by atoms with E-state index < -0.39 is 5.97 Å². The summed E-state index contributed by atoms with van der Waals surface area (Å²) in [7, 11) is 0. The predicted molar refractivity (Wildman–Crippen MR) is 138 cm³/mol. The van der Waals surface area contributed by atoms with Crippen molar-refractivity contribution in [1.82, 2.24) is 4.98 Å². The molecule has 2 aromatic heterocycles. The van der Waals surface area contributed by atoms with Gasteiger partial charge in [-0.05, 0) is 56.7 Å². The number of hydrogen-bond acceptors (Lipinski definition) is 5. The molecule has 2 heterocycles. The molecule has 3 rings (SSSR count). The Kier molecular flexibility index (Phi) is 9.06. The minimum Gasteiger partial charge on any atom is -0.487 e. The molecule has 7 heteroatoms. The van der Waals surface area contributed by atoms with Gasteiger partial charge in [0.25, 0.3) is 0 Å². The fraction of sp³-hybridized carbons (Fsp3) is 0.385. The summed E-state index contributed by atoms with van der Waals surface area (Å²) < 4.78 is 6.17. The molecule has 3 N–H and O–H groups in total. The van der Waals surface area contributed by atoms with Crippen molar-refractivity contribution >= 4 is 29.7 Å². The Morgan fingerprint density at radius 2 is 1.76 bits per heavy atom. The number of aryl methyl sites for hydroxylation is 3. The molecule has 3 aromatic rings. The fourth-order valence-corrected chi connectivity index (χ4v) is 4.87. The molecule has 0 aliphatic rings. The molecule has 0 saturated heterocycles. The number of rotatable bonds is 8. The van der Waals surface area contributed by atoms with Crippen LogP contribution in [0.2, 0.25) is 0 Å². The van der Waals surface area contributed by atoms with Crippen LogP contribution in [0.1, 0.15) is 62.0 Å². The molecule has 33 heavy (non-hydrogen) atoms. The number of thiophene rings is 1. The van der Waals surface area contributed by atoms with Crippen LogP contribution in [0, 0.1) is 33.6 Å². The van der Waals surface area contributed by atoms with E-state index in [-0.39, 0.29) is 23.9 Å². The van der Waals surface area contributed by atoms with E-state index in [1.165, 1.54) is 16.9 Å². The molecular weight excluding hydrogens is 456 g/mol. The van der Waals surface area contributed by atoms with E-state index in [2.05, 4.69) is 45.0 Å². The SMILES string of the molecule is Cc1ccc(-c2c(COc3c(C(=O)O)sc(C)c3C)c(C)nc(CC(C)C)c2CN)cc1.Cl. The lowest BCUT2D eigenvalue weighted by Crippen LogP contribution is -2.14. The zero-order valence-corrected chi connectivity index (χ0v) is 21.7. The number of aromatic nitrogens is 1. The van der Waals surface area contributed by atoms with Gasteiger partial charge < -0.3 is 15.6 Å². The summed E-state index contributed by atoms with van der Waals surface area (Å²) in [6, 6.07) is 8.39. The Morgan fingerprint density at radius 1 is 1.12 bits per heavy atom. The average molecular weight is 489 g/mol. The van der Waals surface area contributed by atoms with E-state index in [0.29, 0.717) is 18.2 Å². The molecule has 0 amide bonds. The van der Waals surface area contributed by atoms with Gasteiger partial charge in [-0.15, -0.1) is 23.7 Å². The average Bonchev–Trinajstić information content (AvgIpc) is 3.01. The van der Waals surface area contributed by atoms with Gasteiger partial charge in [-0.2, -0.15) is 0 Å². The van der Waals surface area contributed by atoms with Crippen LogP contribution in [0.4, 0.5) is 0 Å². The van der Waals surface area contributed by atoms with Gasteiger partial charge in [-0.3, -0.25) is 4.98 Å². The molecule has 0 spiro atoms. The van der Waals surface area contributed by atoms with Crippen LogP contribution in [0.15, 0.2) is 24.3 Å². The summed E-state index contributed by atoms with van der Waals surface area (Å²) >= 11 is 1.25. The number of hydrogen-bond donors (Lipinski definition) is 2. The standard InChI is InChI=1S/C26H32N2O3S.ClH/c1-14(2)11-22-20(12-27)23(19-9-7-15(3)8-10-19)21(17(5)28-22)13-31-24-16(4)18(6)32-25(24)26(29)30;/h7-10,14H,11-13,27H2,1-6H3,(H,29,30);1H. The van der Waals surface area contributed by atoms with Crippen molar-refractivity contribution in [3.63, 3.8) is 0 Å². The van der Waals surface area contributed by atoms with Crippen molar-refractivity contribution in [1.29, 1.82) is 0 Å². The number of aromatic carboxylic acids is 1. The maximum absolute atomic E-state index is 11.7. The lowest BCUT2D eigenvalue weighted by molar-refractivity contribution is 0.0697. The number of halogens is 1. The summed E-state index contributed by atoms with van der Waals surface area (Å²) in [6.07, 6.45) is 0.847. The van der Waals surface area contributed by atoms with Crippen LogP contribution < -0.4 is 10.5 Å². The van der Waals surface area contributed by atoms with Crippen molar-refractivity contribution in [3.05, 3.63) is 67.7 Å². The lowest BCUT2D eigenvalue weighted by Gasteiger charge is -2.21. The number of benzene rings is 1. The molecule has 5 nitrogen and oxygen atoms in total. The quantitative estimate of drug-likeness (QED) is 0.383. The first-order chi connectivity index (χ1) is 15.1. The minimum atomic E-state index is -0.968. The second-order valence-corrected chi connectivity index (χ2v) is 9.90. The Hall–Kier alpha value is -2.41. The van der Waals surface area contributed by atoms with E-state index in [1.54, 1.807) is 0 Å². The number of carboxylic acids is 1. The normalized spacial score (nSPS) is 10.9. The number of nitrogens with two attached hydrogens (primary N) is 1. The molecule has 0 aliphatic carbocycles. The number of ether oxygens (including phenoxy) is 1. The Labute approximate surface area is 206 Å². The lowest BCUT2D eigenvalue weighted by atomic mass is 9.90. The van der Waals surface area contributed by atoms with Crippen LogP contribution in [0.3, 0.4) is 0 Å². The summed E-state index contributed by atoms with van der Waals surface area (Å²) in [6.45, 7) is 12.8. The molecule has 0 radical (unpaired) electrons. The van der Waals surface area contributed by atoms with E-state index >= 15 is 0 Å². The van der Waals surface area contributed by atoms with Gasteiger partial charge in [0.15, 0.2) is 4.88 Å². The third kappa shape index (κ3) is 5.75. The Balaban J connectivity index is 0.00000385. The maximum atomic E-state index is 11.7. The van der Waals surface area contributed by atoms with Crippen LogP contribution in [-0.2, 0) is 19.6 Å². The largest absolute Gasteiger partial charge is 0.487 e. The first kappa shape index (κ1) is 26.8. The van der Waals surface area contributed by atoms with E-state index in [0.717, 1.165) is 50.5 Å². The van der Waals surface area contributed by atoms with Crippen molar-refractivity contribution in [2.45, 2.75) is 61.1 Å². The van der Waals surface area contributed by atoms with Gasteiger partial charge in [-0.25, -0.2) is 4.79 Å². The number of pyridine rings is 1. The van der Waals surface area contributed by atoms with Crippen LogP contribution in [-0.4, -0.2) is 16.1 Å². The zero-order valence-electron chi connectivity index (χ0n) is 20.1. The van der Waals surface area contributed by atoms with Gasteiger partial charge >= 0.3 is 5.97 Å². The number of carbonyl (C=O) groups is 1.